The molecular formula is C14H15N3O3. The maximum absolute atomic E-state index is 11.9. The molecule has 0 saturated carbocycles. The van der Waals surface area contributed by atoms with E-state index in [1.165, 1.54) is 6.07 Å². The van der Waals surface area contributed by atoms with Gasteiger partial charge in [0.1, 0.15) is 0 Å². The Hall–Kier alpha value is -2.60. The number of H-pyrrole nitrogens is 1. The van der Waals surface area contributed by atoms with Crippen molar-refractivity contribution in [3.05, 3.63) is 63.4 Å². The summed E-state index contributed by atoms with van der Waals surface area (Å²) in [5.74, 6) is -0.766. The summed E-state index contributed by atoms with van der Waals surface area (Å²) >= 11 is 0. The highest BCUT2D eigenvalue weighted by Gasteiger charge is 2.07. The summed E-state index contributed by atoms with van der Waals surface area (Å²) in [6.45, 7) is 0.754. The predicted molar refractivity (Wildman–Crippen MR) is 74.2 cm³/mol. The molecule has 0 radical (unpaired) electrons. The van der Waals surface area contributed by atoms with E-state index < -0.39 is 11.5 Å². The Morgan fingerprint density at radius 3 is 2.70 bits per heavy atom. The van der Waals surface area contributed by atoms with Crippen molar-refractivity contribution >= 4 is 5.91 Å². The highest BCUT2D eigenvalue weighted by Crippen LogP contribution is 2.06. The number of carbonyl (C=O) groups excluding carboxylic acids is 1. The van der Waals surface area contributed by atoms with Gasteiger partial charge in [0.25, 0.3) is 11.5 Å². The number of benzene rings is 1. The van der Waals surface area contributed by atoms with Crippen LogP contribution < -0.4 is 16.6 Å². The van der Waals surface area contributed by atoms with Crippen LogP contribution in [-0.4, -0.2) is 16.0 Å². The molecule has 0 atom stereocenters. The lowest BCUT2D eigenvalue weighted by Crippen LogP contribution is -2.24. The zero-order chi connectivity index (χ0) is 14.5. The molecule has 104 valence electrons. The fourth-order valence-corrected chi connectivity index (χ4v) is 1.81. The Morgan fingerprint density at radius 2 is 2.00 bits per heavy atom. The second-order valence-electron chi connectivity index (χ2n) is 4.33. The Bertz CT molecular complexity index is 679. The molecule has 1 heterocycles. The molecule has 2 rings (SSSR count). The molecule has 1 aromatic carbocycles. The van der Waals surface area contributed by atoms with Gasteiger partial charge in [0.15, 0.2) is 5.88 Å². The number of aromatic nitrogens is 1. The smallest absolute Gasteiger partial charge is 0.251 e. The van der Waals surface area contributed by atoms with Gasteiger partial charge in [0, 0.05) is 25.2 Å². The van der Waals surface area contributed by atoms with Gasteiger partial charge >= 0.3 is 0 Å². The number of pyridine rings is 1. The molecular weight excluding hydrogens is 258 g/mol. The van der Waals surface area contributed by atoms with E-state index in [1.54, 1.807) is 0 Å². The largest absolute Gasteiger partial charge is 0.494 e. The van der Waals surface area contributed by atoms with E-state index in [0.717, 1.165) is 17.2 Å². The molecule has 5 N–H and O–H groups in total. The zero-order valence-corrected chi connectivity index (χ0v) is 10.7. The van der Waals surface area contributed by atoms with Gasteiger partial charge in [-0.1, -0.05) is 24.3 Å². The Morgan fingerprint density at radius 1 is 1.25 bits per heavy atom. The van der Waals surface area contributed by atoms with E-state index in [0.29, 0.717) is 13.1 Å². The van der Waals surface area contributed by atoms with Crippen LogP contribution in [0.25, 0.3) is 0 Å². The van der Waals surface area contributed by atoms with E-state index in [4.69, 9.17) is 5.73 Å². The molecule has 0 aliphatic rings. The average molecular weight is 273 g/mol. The summed E-state index contributed by atoms with van der Waals surface area (Å²) in [5, 5.41) is 11.9. The van der Waals surface area contributed by atoms with Crippen molar-refractivity contribution in [1.29, 1.82) is 0 Å². The fourth-order valence-electron chi connectivity index (χ4n) is 1.81. The molecule has 0 saturated heterocycles. The number of hydrogen-bond acceptors (Lipinski definition) is 4. The standard InChI is InChI=1S/C14H15N3O3/c15-7-9-2-1-3-10(4-9)8-16-14(20)11-5-12(18)17-13(19)6-11/h1-6H,7-8,15H2,(H,16,20)(H2,17,18,19). The third kappa shape index (κ3) is 3.46. The summed E-state index contributed by atoms with van der Waals surface area (Å²) in [6, 6.07) is 9.87. The van der Waals surface area contributed by atoms with Crippen LogP contribution in [-0.2, 0) is 13.1 Å². The number of carbonyl (C=O) groups is 1. The van der Waals surface area contributed by atoms with Crippen LogP contribution in [0.15, 0.2) is 41.2 Å². The van der Waals surface area contributed by atoms with E-state index in [2.05, 4.69) is 10.3 Å². The molecule has 0 fully saturated rings. The topological polar surface area (TPSA) is 108 Å². The van der Waals surface area contributed by atoms with Gasteiger partial charge in [-0.25, -0.2) is 0 Å². The first-order valence-electron chi connectivity index (χ1n) is 6.08. The minimum Gasteiger partial charge on any atom is -0.494 e. The van der Waals surface area contributed by atoms with Crippen LogP contribution in [0, 0.1) is 0 Å². The molecule has 2 aromatic rings. The maximum Gasteiger partial charge on any atom is 0.251 e. The van der Waals surface area contributed by atoms with Crippen LogP contribution in [0.3, 0.4) is 0 Å². The molecule has 0 bridgehead atoms. The first-order valence-corrected chi connectivity index (χ1v) is 6.08. The minimum absolute atomic E-state index is 0.112. The molecule has 6 heteroatoms. The summed E-state index contributed by atoms with van der Waals surface area (Å²) in [5.41, 5.74) is 7.02. The number of aromatic amines is 1. The third-order valence-electron chi connectivity index (χ3n) is 2.77. The highest BCUT2D eigenvalue weighted by atomic mass is 16.3. The van der Waals surface area contributed by atoms with Gasteiger partial charge in [-0.15, -0.1) is 0 Å². The van der Waals surface area contributed by atoms with Crippen molar-refractivity contribution in [2.45, 2.75) is 13.1 Å². The predicted octanol–water partition coefficient (Wildman–Crippen LogP) is 0.469. The molecule has 1 amide bonds. The average Bonchev–Trinajstić information content (AvgIpc) is 2.44. The zero-order valence-electron chi connectivity index (χ0n) is 10.7. The van der Waals surface area contributed by atoms with E-state index in [1.807, 2.05) is 24.3 Å². The number of nitrogens with one attached hydrogen (secondary N) is 2. The monoisotopic (exact) mass is 273 g/mol. The third-order valence-corrected chi connectivity index (χ3v) is 2.77. The van der Waals surface area contributed by atoms with Crippen molar-refractivity contribution in [3.63, 3.8) is 0 Å². The molecule has 6 nitrogen and oxygen atoms in total. The summed E-state index contributed by atoms with van der Waals surface area (Å²) in [7, 11) is 0. The first-order chi connectivity index (χ1) is 9.58. The van der Waals surface area contributed by atoms with Crippen LogP contribution >= 0.6 is 0 Å². The number of rotatable bonds is 4. The van der Waals surface area contributed by atoms with Crippen LogP contribution in [0.1, 0.15) is 21.5 Å². The SMILES string of the molecule is NCc1cccc(CNC(=O)c2cc(O)[nH]c(=O)c2)c1. The molecule has 0 aliphatic carbocycles. The molecule has 20 heavy (non-hydrogen) atoms. The number of hydrogen-bond donors (Lipinski definition) is 4. The van der Waals surface area contributed by atoms with Crippen LogP contribution in [0.5, 0.6) is 5.88 Å². The summed E-state index contributed by atoms with van der Waals surface area (Å²) < 4.78 is 0. The van der Waals surface area contributed by atoms with Crippen LogP contribution in [0.2, 0.25) is 0 Å². The van der Waals surface area contributed by atoms with Gasteiger partial charge in [-0.3, -0.25) is 14.6 Å². The van der Waals surface area contributed by atoms with Gasteiger partial charge < -0.3 is 16.2 Å². The molecule has 0 unspecified atom stereocenters. The minimum atomic E-state index is -0.528. The normalized spacial score (nSPS) is 10.2. The Labute approximate surface area is 115 Å². The van der Waals surface area contributed by atoms with Crippen molar-refractivity contribution < 1.29 is 9.90 Å². The lowest BCUT2D eigenvalue weighted by Gasteiger charge is -2.07. The van der Waals surface area contributed by atoms with Gasteiger partial charge in [0.05, 0.1) is 5.56 Å². The number of aromatic hydroxyl groups is 1. The summed E-state index contributed by atoms with van der Waals surface area (Å²) in [4.78, 5) is 25.2. The number of amides is 1. The summed E-state index contributed by atoms with van der Waals surface area (Å²) in [6.07, 6.45) is 0. The fraction of sp³-hybridized carbons (Fsp3) is 0.143. The van der Waals surface area contributed by atoms with Crippen molar-refractivity contribution in [2.24, 2.45) is 5.73 Å². The van der Waals surface area contributed by atoms with Crippen molar-refractivity contribution in [1.82, 2.24) is 10.3 Å². The lowest BCUT2D eigenvalue weighted by atomic mass is 10.1. The van der Waals surface area contributed by atoms with Gasteiger partial charge in [-0.05, 0) is 11.1 Å². The van der Waals surface area contributed by atoms with E-state index in [-0.39, 0.29) is 11.4 Å². The molecule has 0 aliphatic heterocycles. The Balaban J connectivity index is 2.06. The van der Waals surface area contributed by atoms with Gasteiger partial charge in [-0.2, -0.15) is 0 Å². The van der Waals surface area contributed by atoms with E-state index in [9.17, 15) is 14.7 Å². The quantitative estimate of drug-likeness (QED) is 0.649. The molecule has 1 aromatic heterocycles. The maximum atomic E-state index is 11.9. The highest BCUT2D eigenvalue weighted by molar-refractivity contribution is 5.94. The van der Waals surface area contributed by atoms with Crippen molar-refractivity contribution in [2.75, 3.05) is 0 Å². The van der Waals surface area contributed by atoms with Crippen LogP contribution in [0.4, 0.5) is 0 Å². The second kappa shape index (κ2) is 6.03. The number of nitrogens with two attached hydrogens (primary N) is 1. The molecule has 0 spiro atoms. The first kappa shape index (κ1) is 13.8. The van der Waals surface area contributed by atoms with Gasteiger partial charge in [0.2, 0.25) is 0 Å². The lowest BCUT2D eigenvalue weighted by molar-refractivity contribution is 0.0950. The Kier molecular flexibility index (Phi) is 4.17. The second-order valence-corrected chi connectivity index (χ2v) is 4.33. The van der Waals surface area contributed by atoms with Crippen molar-refractivity contribution in [3.8, 4) is 5.88 Å². The van der Waals surface area contributed by atoms with E-state index >= 15 is 0 Å².